The van der Waals surface area contributed by atoms with Gasteiger partial charge < -0.3 is 19.3 Å². The van der Waals surface area contributed by atoms with E-state index in [9.17, 15) is 14.4 Å². The summed E-state index contributed by atoms with van der Waals surface area (Å²) in [6, 6.07) is -0.490. The number of carbonyl (C=O) groups is 3. The van der Waals surface area contributed by atoms with Gasteiger partial charge in [0.2, 0.25) is 11.8 Å². The third-order valence-corrected chi connectivity index (χ3v) is 4.87. The lowest BCUT2D eigenvalue weighted by Gasteiger charge is -2.33. The van der Waals surface area contributed by atoms with E-state index in [1.165, 1.54) is 4.90 Å². The number of imidazole rings is 1. The van der Waals surface area contributed by atoms with Crippen LogP contribution in [0.2, 0.25) is 0 Å². The van der Waals surface area contributed by atoms with Crippen molar-refractivity contribution in [3.8, 4) is 0 Å². The first-order valence-corrected chi connectivity index (χ1v) is 8.96. The molecule has 0 saturated carbocycles. The number of likely N-dealkylation sites (tertiary alicyclic amines) is 1. The maximum Gasteiger partial charge on any atom is 0.325 e. The molecule has 2 saturated heterocycles. The number of amides is 4. The van der Waals surface area contributed by atoms with Crippen LogP contribution < -0.4 is 5.32 Å². The minimum absolute atomic E-state index is 0.0449. The smallest absolute Gasteiger partial charge is 0.325 e. The Hall–Kier alpha value is -2.42. The van der Waals surface area contributed by atoms with Gasteiger partial charge in [-0.3, -0.25) is 14.9 Å². The van der Waals surface area contributed by atoms with Crippen LogP contribution in [0.4, 0.5) is 4.79 Å². The van der Waals surface area contributed by atoms with E-state index in [1.807, 2.05) is 26.5 Å². The van der Waals surface area contributed by atoms with Gasteiger partial charge in [-0.05, 0) is 26.9 Å². The molecule has 9 nitrogen and oxygen atoms in total. The highest BCUT2D eigenvalue weighted by molar-refractivity contribution is 6.03. The highest BCUT2D eigenvalue weighted by atomic mass is 16.2. The van der Waals surface area contributed by atoms with Gasteiger partial charge in [0.15, 0.2) is 0 Å². The van der Waals surface area contributed by atoms with Gasteiger partial charge in [-0.1, -0.05) is 0 Å². The molecule has 0 spiro atoms. The van der Waals surface area contributed by atoms with Gasteiger partial charge in [0, 0.05) is 44.5 Å². The maximum absolute atomic E-state index is 12.6. The standard InChI is InChI=1S/C17H26N6O3/c1-20(2)8-9-21-7-5-18-16(21)13-4-3-6-22(10-13)15(25)12-23-11-14(24)19-17(23)26/h5,7,13H,3-4,6,8-12H2,1-2H3,(H,19,24,26)/t13-/m0/s1. The van der Waals surface area contributed by atoms with E-state index in [0.29, 0.717) is 13.1 Å². The number of hydrogen-bond donors (Lipinski definition) is 1. The Morgan fingerprint density at radius 3 is 2.88 bits per heavy atom. The average Bonchev–Trinajstić information content (AvgIpc) is 3.19. The summed E-state index contributed by atoms with van der Waals surface area (Å²) in [6.07, 6.45) is 5.69. The molecule has 4 amide bonds. The zero-order chi connectivity index (χ0) is 18.7. The van der Waals surface area contributed by atoms with Gasteiger partial charge in [-0.25, -0.2) is 9.78 Å². The first kappa shape index (κ1) is 18.4. The molecule has 26 heavy (non-hydrogen) atoms. The number of nitrogens with zero attached hydrogens (tertiary/aromatic N) is 5. The fourth-order valence-electron chi connectivity index (χ4n) is 3.47. The second-order valence-corrected chi connectivity index (χ2v) is 7.17. The van der Waals surface area contributed by atoms with E-state index in [-0.39, 0.29) is 30.8 Å². The van der Waals surface area contributed by atoms with Crippen LogP contribution in [0.15, 0.2) is 12.4 Å². The maximum atomic E-state index is 12.6. The lowest BCUT2D eigenvalue weighted by Crippen LogP contribution is -2.45. The van der Waals surface area contributed by atoms with E-state index in [2.05, 4.69) is 19.8 Å². The van der Waals surface area contributed by atoms with Crippen molar-refractivity contribution in [1.29, 1.82) is 0 Å². The minimum Gasteiger partial charge on any atom is -0.340 e. The van der Waals surface area contributed by atoms with E-state index in [1.54, 1.807) is 4.90 Å². The van der Waals surface area contributed by atoms with Gasteiger partial charge in [0.25, 0.3) is 0 Å². The molecule has 0 unspecified atom stereocenters. The Labute approximate surface area is 152 Å². The van der Waals surface area contributed by atoms with Crippen LogP contribution in [0.25, 0.3) is 0 Å². The quantitative estimate of drug-likeness (QED) is 0.702. The van der Waals surface area contributed by atoms with Crippen molar-refractivity contribution in [2.24, 2.45) is 0 Å². The summed E-state index contributed by atoms with van der Waals surface area (Å²) in [6.45, 7) is 2.97. The third kappa shape index (κ3) is 4.21. The predicted octanol–water partition coefficient (Wildman–Crippen LogP) is -0.297. The molecule has 0 bridgehead atoms. The molecule has 0 aliphatic carbocycles. The largest absolute Gasteiger partial charge is 0.340 e. The molecule has 0 aromatic carbocycles. The number of likely N-dealkylation sites (N-methyl/N-ethyl adjacent to an activating group) is 1. The van der Waals surface area contributed by atoms with Crippen molar-refractivity contribution in [1.82, 2.24) is 29.6 Å². The molecule has 1 atom stereocenters. The van der Waals surface area contributed by atoms with E-state index < -0.39 is 6.03 Å². The molecule has 0 radical (unpaired) electrons. The Balaban J connectivity index is 1.61. The topological polar surface area (TPSA) is 90.8 Å². The molecule has 3 rings (SSSR count). The number of urea groups is 1. The highest BCUT2D eigenvalue weighted by Gasteiger charge is 2.32. The lowest BCUT2D eigenvalue weighted by atomic mass is 9.97. The molecule has 3 heterocycles. The fourth-order valence-corrected chi connectivity index (χ4v) is 3.47. The number of piperidine rings is 1. The van der Waals surface area contributed by atoms with Crippen molar-refractivity contribution in [3.05, 3.63) is 18.2 Å². The second-order valence-electron chi connectivity index (χ2n) is 7.17. The molecule has 142 valence electrons. The van der Waals surface area contributed by atoms with Crippen LogP contribution in [0.1, 0.15) is 24.6 Å². The number of nitrogens with one attached hydrogen (secondary N) is 1. The van der Waals surface area contributed by atoms with Crippen molar-refractivity contribution < 1.29 is 14.4 Å². The Morgan fingerprint density at radius 1 is 1.38 bits per heavy atom. The van der Waals surface area contributed by atoms with Crippen LogP contribution in [-0.4, -0.2) is 88.9 Å². The zero-order valence-electron chi connectivity index (χ0n) is 15.3. The number of rotatable bonds is 6. The van der Waals surface area contributed by atoms with Gasteiger partial charge in [-0.15, -0.1) is 0 Å². The molecule has 1 aromatic heterocycles. The molecule has 2 aliphatic rings. The van der Waals surface area contributed by atoms with Gasteiger partial charge in [0.1, 0.15) is 18.9 Å². The van der Waals surface area contributed by atoms with Crippen molar-refractivity contribution in [2.45, 2.75) is 25.3 Å². The predicted molar refractivity (Wildman–Crippen MR) is 94.4 cm³/mol. The van der Waals surface area contributed by atoms with Crippen molar-refractivity contribution >= 4 is 17.8 Å². The third-order valence-electron chi connectivity index (χ3n) is 4.87. The normalized spacial score (nSPS) is 20.8. The molecule has 2 fully saturated rings. The highest BCUT2D eigenvalue weighted by Crippen LogP contribution is 2.26. The minimum atomic E-state index is -0.490. The van der Waals surface area contributed by atoms with Crippen LogP contribution in [0.3, 0.4) is 0 Å². The Kier molecular flexibility index (Phi) is 5.55. The summed E-state index contributed by atoms with van der Waals surface area (Å²) in [7, 11) is 4.08. The molecular weight excluding hydrogens is 336 g/mol. The zero-order valence-corrected chi connectivity index (χ0v) is 15.3. The van der Waals surface area contributed by atoms with Gasteiger partial charge >= 0.3 is 6.03 Å². The summed E-state index contributed by atoms with van der Waals surface area (Å²) in [5.41, 5.74) is 0. The van der Waals surface area contributed by atoms with Crippen LogP contribution in [0, 0.1) is 0 Å². The first-order valence-electron chi connectivity index (χ1n) is 8.96. The molecule has 1 aromatic rings. The number of hydrogen-bond acceptors (Lipinski definition) is 5. The van der Waals surface area contributed by atoms with E-state index in [4.69, 9.17) is 0 Å². The summed E-state index contributed by atoms with van der Waals surface area (Å²) >= 11 is 0. The Bertz CT molecular complexity index is 686. The first-order chi connectivity index (χ1) is 12.4. The Morgan fingerprint density at radius 2 is 2.19 bits per heavy atom. The van der Waals surface area contributed by atoms with Crippen LogP contribution in [0.5, 0.6) is 0 Å². The van der Waals surface area contributed by atoms with Gasteiger partial charge in [0.05, 0.1) is 0 Å². The summed E-state index contributed by atoms with van der Waals surface area (Å²) < 4.78 is 2.16. The molecular formula is C17H26N6O3. The van der Waals surface area contributed by atoms with Gasteiger partial charge in [-0.2, -0.15) is 0 Å². The fraction of sp³-hybridized carbons (Fsp3) is 0.647. The number of imide groups is 1. The van der Waals surface area contributed by atoms with E-state index in [0.717, 1.165) is 31.8 Å². The van der Waals surface area contributed by atoms with Crippen LogP contribution in [-0.2, 0) is 16.1 Å². The molecule has 9 heteroatoms. The van der Waals surface area contributed by atoms with E-state index >= 15 is 0 Å². The average molecular weight is 362 g/mol. The monoisotopic (exact) mass is 362 g/mol. The lowest BCUT2D eigenvalue weighted by molar-refractivity contribution is -0.133. The SMILES string of the molecule is CN(C)CCn1ccnc1[C@H]1CCCN(C(=O)CN2CC(=O)NC2=O)C1. The summed E-state index contributed by atoms with van der Waals surface area (Å²) in [4.78, 5) is 45.2. The number of carbonyl (C=O) groups excluding carboxylic acids is 3. The van der Waals surface area contributed by atoms with Crippen LogP contribution >= 0.6 is 0 Å². The van der Waals surface area contributed by atoms with Crippen molar-refractivity contribution in [3.63, 3.8) is 0 Å². The molecule has 2 aliphatic heterocycles. The number of aromatic nitrogens is 2. The summed E-state index contributed by atoms with van der Waals surface area (Å²) in [5.74, 6) is 0.727. The second kappa shape index (κ2) is 7.86. The van der Waals surface area contributed by atoms with Crippen molar-refractivity contribution in [2.75, 3.05) is 46.8 Å². The molecule has 1 N–H and O–H groups in total. The summed E-state index contributed by atoms with van der Waals surface area (Å²) in [5, 5.41) is 2.20.